The van der Waals surface area contributed by atoms with E-state index in [1.54, 1.807) is 0 Å². The number of carbonyl (C=O) groups excluding carboxylic acids is 1. The largest absolute Gasteiger partial charge is 0.349 e. The van der Waals surface area contributed by atoms with Gasteiger partial charge in [-0.3, -0.25) is 4.79 Å². The molecule has 132 valence electrons. The molecule has 1 aromatic carbocycles. The Balaban J connectivity index is 1.41. The van der Waals surface area contributed by atoms with Crippen molar-refractivity contribution < 1.29 is 9.18 Å². The van der Waals surface area contributed by atoms with Crippen LogP contribution < -0.4 is 10.6 Å². The molecule has 2 saturated carbocycles. The van der Waals surface area contributed by atoms with Crippen LogP contribution in [-0.4, -0.2) is 24.0 Å². The SMILES string of the molecule is CC1(NCCC2CCCC2)CC(NC(=O)c2cc(F)cc(Cl)c2)C1. The lowest BCUT2D eigenvalue weighted by Crippen LogP contribution is -2.60. The minimum atomic E-state index is -0.486. The molecule has 0 unspecified atom stereocenters. The summed E-state index contributed by atoms with van der Waals surface area (Å²) in [5.74, 6) is 0.156. The topological polar surface area (TPSA) is 41.1 Å². The fourth-order valence-corrected chi connectivity index (χ4v) is 4.33. The maximum atomic E-state index is 13.3. The standard InChI is InChI=1S/C19H26ClFN2O/c1-19(22-7-6-13-4-2-3-5-13)11-17(12-19)23-18(24)14-8-15(20)10-16(21)9-14/h8-10,13,17,22H,2-7,11-12H2,1H3,(H,23,24). The zero-order valence-corrected chi connectivity index (χ0v) is 15.0. The Kier molecular flexibility index (Phi) is 5.46. The van der Waals surface area contributed by atoms with Crippen LogP contribution in [0.2, 0.25) is 5.02 Å². The van der Waals surface area contributed by atoms with Crippen LogP contribution in [-0.2, 0) is 0 Å². The number of hydrogen-bond donors (Lipinski definition) is 2. The second-order valence-electron chi connectivity index (χ2n) is 7.66. The lowest BCUT2D eigenvalue weighted by molar-refractivity contribution is 0.0843. The van der Waals surface area contributed by atoms with Crippen LogP contribution in [0.25, 0.3) is 0 Å². The minimum Gasteiger partial charge on any atom is -0.349 e. The van der Waals surface area contributed by atoms with E-state index in [4.69, 9.17) is 11.6 Å². The molecule has 3 nitrogen and oxygen atoms in total. The molecule has 0 atom stereocenters. The summed E-state index contributed by atoms with van der Waals surface area (Å²) in [4.78, 5) is 12.2. The van der Waals surface area contributed by atoms with Gasteiger partial charge in [0.05, 0.1) is 0 Å². The number of amides is 1. The quantitative estimate of drug-likeness (QED) is 0.801. The number of carbonyl (C=O) groups is 1. The first-order chi connectivity index (χ1) is 11.4. The first kappa shape index (κ1) is 17.7. The van der Waals surface area contributed by atoms with Crippen molar-refractivity contribution in [2.24, 2.45) is 5.92 Å². The van der Waals surface area contributed by atoms with Gasteiger partial charge in [0.2, 0.25) is 0 Å². The Morgan fingerprint density at radius 3 is 2.67 bits per heavy atom. The predicted octanol–water partition coefficient (Wildman–Crippen LogP) is 4.30. The molecular formula is C19H26ClFN2O. The van der Waals surface area contributed by atoms with E-state index in [-0.39, 0.29) is 28.1 Å². The summed E-state index contributed by atoms with van der Waals surface area (Å²) in [6, 6.07) is 4.06. The molecule has 24 heavy (non-hydrogen) atoms. The molecule has 2 aliphatic carbocycles. The van der Waals surface area contributed by atoms with Crippen LogP contribution in [0, 0.1) is 11.7 Å². The third-order valence-electron chi connectivity index (χ3n) is 5.43. The number of halogens is 2. The molecule has 0 aliphatic heterocycles. The Morgan fingerprint density at radius 2 is 2.00 bits per heavy atom. The summed E-state index contributed by atoms with van der Waals surface area (Å²) < 4.78 is 13.3. The molecule has 1 aromatic rings. The normalized spacial score (nSPS) is 27.0. The molecule has 2 aliphatic rings. The lowest BCUT2D eigenvalue weighted by atomic mass is 9.74. The Hall–Kier alpha value is -1.13. The van der Waals surface area contributed by atoms with Gasteiger partial charge in [-0.1, -0.05) is 37.3 Å². The number of benzene rings is 1. The van der Waals surface area contributed by atoms with Gasteiger partial charge in [-0.25, -0.2) is 4.39 Å². The molecule has 3 rings (SSSR count). The molecule has 0 aromatic heterocycles. The first-order valence-electron chi connectivity index (χ1n) is 8.95. The third kappa shape index (κ3) is 4.48. The van der Waals surface area contributed by atoms with Crippen LogP contribution >= 0.6 is 11.6 Å². The maximum Gasteiger partial charge on any atom is 0.251 e. The van der Waals surface area contributed by atoms with Gasteiger partial charge in [0.25, 0.3) is 5.91 Å². The number of rotatable bonds is 6. The van der Waals surface area contributed by atoms with E-state index in [2.05, 4.69) is 17.6 Å². The van der Waals surface area contributed by atoms with E-state index in [1.807, 2.05) is 0 Å². The highest BCUT2D eigenvalue weighted by Gasteiger charge is 2.40. The van der Waals surface area contributed by atoms with Crippen molar-refractivity contribution in [2.75, 3.05) is 6.54 Å². The van der Waals surface area contributed by atoms with E-state index in [0.29, 0.717) is 0 Å². The van der Waals surface area contributed by atoms with E-state index in [1.165, 1.54) is 50.3 Å². The molecule has 5 heteroatoms. The van der Waals surface area contributed by atoms with Gasteiger partial charge in [-0.05, 0) is 56.8 Å². The van der Waals surface area contributed by atoms with Crippen molar-refractivity contribution in [1.82, 2.24) is 10.6 Å². The van der Waals surface area contributed by atoms with Gasteiger partial charge >= 0.3 is 0 Å². The minimum absolute atomic E-state index is 0.107. The monoisotopic (exact) mass is 352 g/mol. The fraction of sp³-hybridized carbons (Fsp3) is 0.632. The fourth-order valence-electron chi connectivity index (χ4n) is 4.11. The van der Waals surface area contributed by atoms with Crippen LogP contribution in [0.15, 0.2) is 18.2 Å². The second kappa shape index (κ2) is 7.40. The van der Waals surface area contributed by atoms with Crippen LogP contribution in [0.1, 0.15) is 62.2 Å². The average molecular weight is 353 g/mol. The molecule has 0 bridgehead atoms. The molecule has 0 heterocycles. The summed E-state index contributed by atoms with van der Waals surface area (Å²) in [6.07, 6.45) is 8.62. The van der Waals surface area contributed by atoms with Crippen molar-refractivity contribution in [3.05, 3.63) is 34.6 Å². The highest BCUT2D eigenvalue weighted by molar-refractivity contribution is 6.31. The van der Waals surface area contributed by atoms with Crippen LogP contribution in [0.5, 0.6) is 0 Å². The van der Waals surface area contributed by atoms with Gasteiger partial charge in [-0.2, -0.15) is 0 Å². The Bertz CT molecular complexity index is 575. The molecule has 2 N–H and O–H groups in total. The molecular weight excluding hydrogens is 327 g/mol. The van der Waals surface area contributed by atoms with E-state index < -0.39 is 5.82 Å². The van der Waals surface area contributed by atoms with Crippen molar-refractivity contribution in [3.8, 4) is 0 Å². The van der Waals surface area contributed by atoms with Crippen LogP contribution in [0.3, 0.4) is 0 Å². The molecule has 0 radical (unpaired) electrons. The van der Waals surface area contributed by atoms with E-state index >= 15 is 0 Å². The number of hydrogen-bond acceptors (Lipinski definition) is 2. The number of nitrogens with one attached hydrogen (secondary N) is 2. The van der Waals surface area contributed by atoms with Gasteiger partial charge in [0.1, 0.15) is 5.82 Å². The molecule has 0 spiro atoms. The Morgan fingerprint density at radius 1 is 1.29 bits per heavy atom. The average Bonchev–Trinajstić information content (AvgIpc) is 2.98. The summed E-state index contributed by atoms with van der Waals surface area (Å²) in [5, 5.41) is 6.86. The van der Waals surface area contributed by atoms with E-state index in [0.717, 1.165) is 25.3 Å². The van der Waals surface area contributed by atoms with Crippen LogP contribution in [0.4, 0.5) is 4.39 Å². The molecule has 1 amide bonds. The Labute approximate surface area is 148 Å². The van der Waals surface area contributed by atoms with Crippen molar-refractivity contribution in [3.63, 3.8) is 0 Å². The van der Waals surface area contributed by atoms with Crippen molar-refractivity contribution >= 4 is 17.5 Å². The summed E-state index contributed by atoms with van der Waals surface area (Å²) in [7, 11) is 0. The maximum absolute atomic E-state index is 13.3. The van der Waals surface area contributed by atoms with Gasteiger partial charge in [-0.15, -0.1) is 0 Å². The molecule has 0 saturated heterocycles. The van der Waals surface area contributed by atoms with Crippen molar-refractivity contribution in [1.29, 1.82) is 0 Å². The van der Waals surface area contributed by atoms with Gasteiger partial charge < -0.3 is 10.6 Å². The van der Waals surface area contributed by atoms with Gasteiger partial charge in [0.15, 0.2) is 0 Å². The second-order valence-corrected chi connectivity index (χ2v) is 8.10. The smallest absolute Gasteiger partial charge is 0.251 e. The van der Waals surface area contributed by atoms with E-state index in [9.17, 15) is 9.18 Å². The van der Waals surface area contributed by atoms with Crippen molar-refractivity contribution in [2.45, 2.75) is 63.5 Å². The van der Waals surface area contributed by atoms with Gasteiger partial charge in [0, 0.05) is 22.2 Å². The summed E-state index contributed by atoms with van der Waals surface area (Å²) >= 11 is 5.80. The zero-order chi connectivity index (χ0) is 17.2. The predicted molar refractivity (Wildman–Crippen MR) is 94.9 cm³/mol. The summed E-state index contributed by atoms with van der Waals surface area (Å²) in [5.41, 5.74) is 0.388. The zero-order valence-electron chi connectivity index (χ0n) is 14.2. The highest BCUT2D eigenvalue weighted by Crippen LogP contribution is 2.33. The third-order valence-corrected chi connectivity index (χ3v) is 5.65. The molecule has 2 fully saturated rings. The summed E-state index contributed by atoms with van der Waals surface area (Å²) in [6.45, 7) is 3.27. The highest BCUT2D eigenvalue weighted by atomic mass is 35.5. The lowest BCUT2D eigenvalue weighted by Gasteiger charge is -2.46. The first-order valence-corrected chi connectivity index (χ1v) is 9.33.